The van der Waals surface area contributed by atoms with Crippen LogP contribution in [0.15, 0.2) is 18.2 Å². The Morgan fingerprint density at radius 2 is 1.86 bits per heavy atom. The van der Waals surface area contributed by atoms with Gasteiger partial charge < -0.3 is 16.0 Å². The highest BCUT2D eigenvalue weighted by Gasteiger charge is 2.41. The van der Waals surface area contributed by atoms with Crippen molar-refractivity contribution in [3.8, 4) is 0 Å². The van der Waals surface area contributed by atoms with Gasteiger partial charge in [-0.25, -0.2) is 4.39 Å². The molecule has 6 heteroatoms. The Morgan fingerprint density at radius 3 is 2.41 bits per heavy atom. The SMILES string of the molecule is CC1(C)CC(NC(=S)Nc2ccc(F)c(Cl)c2)CC(C)(C)[NH2+]1. The number of benzene rings is 1. The Balaban J connectivity index is 1.98. The lowest BCUT2D eigenvalue weighted by atomic mass is 9.80. The van der Waals surface area contributed by atoms with Crippen molar-refractivity contribution in [2.75, 3.05) is 5.32 Å². The van der Waals surface area contributed by atoms with E-state index in [0.29, 0.717) is 16.8 Å². The van der Waals surface area contributed by atoms with Crippen LogP contribution in [0.5, 0.6) is 0 Å². The van der Waals surface area contributed by atoms with Gasteiger partial charge in [-0.1, -0.05) is 11.6 Å². The molecule has 1 heterocycles. The van der Waals surface area contributed by atoms with Crippen LogP contribution in [0.25, 0.3) is 0 Å². The smallest absolute Gasteiger partial charge is 0.171 e. The van der Waals surface area contributed by atoms with E-state index in [2.05, 4.69) is 43.6 Å². The van der Waals surface area contributed by atoms with Gasteiger partial charge >= 0.3 is 0 Å². The fourth-order valence-electron chi connectivity index (χ4n) is 3.55. The second kappa shape index (κ2) is 6.30. The monoisotopic (exact) mass is 344 g/mol. The number of piperidine rings is 1. The van der Waals surface area contributed by atoms with Gasteiger partial charge in [-0.2, -0.15) is 0 Å². The molecule has 1 aromatic carbocycles. The number of nitrogens with one attached hydrogen (secondary N) is 2. The molecule has 4 N–H and O–H groups in total. The highest BCUT2D eigenvalue weighted by molar-refractivity contribution is 7.80. The number of halogens is 2. The predicted molar refractivity (Wildman–Crippen MR) is 93.9 cm³/mol. The van der Waals surface area contributed by atoms with Crippen molar-refractivity contribution in [1.82, 2.24) is 5.32 Å². The van der Waals surface area contributed by atoms with Crippen LogP contribution < -0.4 is 16.0 Å². The minimum Gasteiger partial charge on any atom is -0.359 e. The average Bonchev–Trinajstić information content (AvgIpc) is 2.29. The highest BCUT2D eigenvalue weighted by Crippen LogP contribution is 2.22. The van der Waals surface area contributed by atoms with Gasteiger partial charge in [0.15, 0.2) is 5.11 Å². The Kier molecular flexibility index (Phi) is 5.00. The molecule has 0 amide bonds. The third kappa shape index (κ3) is 4.80. The van der Waals surface area contributed by atoms with Gasteiger partial charge in [-0.15, -0.1) is 0 Å². The topological polar surface area (TPSA) is 40.7 Å². The minimum atomic E-state index is -0.433. The van der Waals surface area contributed by atoms with Crippen molar-refractivity contribution in [3.63, 3.8) is 0 Å². The lowest BCUT2D eigenvalue weighted by molar-refractivity contribution is -0.787. The first-order chi connectivity index (χ1) is 10.1. The van der Waals surface area contributed by atoms with Gasteiger partial charge in [0.2, 0.25) is 0 Å². The number of nitrogens with two attached hydrogens (primary N) is 1. The maximum Gasteiger partial charge on any atom is 0.171 e. The molecule has 0 spiro atoms. The predicted octanol–water partition coefficient (Wildman–Crippen LogP) is 3.05. The molecule has 2 rings (SSSR count). The van der Waals surface area contributed by atoms with Crippen molar-refractivity contribution < 1.29 is 9.71 Å². The number of anilines is 1. The van der Waals surface area contributed by atoms with Crippen molar-refractivity contribution in [2.24, 2.45) is 0 Å². The van der Waals surface area contributed by atoms with E-state index in [1.54, 1.807) is 6.07 Å². The Labute approximate surface area is 142 Å². The molecule has 0 saturated carbocycles. The second-order valence-electron chi connectivity index (χ2n) is 7.45. The summed E-state index contributed by atoms with van der Waals surface area (Å²) >= 11 is 11.2. The van der Waals surface area contributed by atoms with Gasteiger partial charge in [0.1, 0.15) is 5.82 Å². The summed E-state index contributed by atoms with van der Waals surface area (Å²) in [6.07, 6.45) is 2.06. The van der Waals surface area contributed by atoms with E-state index in [4.69, 9.17) is 23.8 Å². The Bertz CT molecular complexity index is 559. The number of rotatable bonds is 2. The van der Waals surface area contributed by atoms with Crippen LogP contribution in [0.2, 0.25) is 5.02 Å². The van der Waals surface area contributed by atoms with E-state index in [9.17, 15) is 4.39 Å². The molecule has 0 bridgehead atoms. The van der Waals surface area contributed by atoms with Gasteiger partial charge in [-0.3, -0.25) is 0 Å². The molecule has 0 atom stereocenters. The van der Waals surface area contributed by atoms with E-state index in [1.807, 2.05) is 0 Å². The fourth-order valence-corrected chi connectivity index (χ4v) is 4.01. The molecule has 0 aliphatic carbocycles. The van der Waals surface area contributed by atoms with Gasteiger partial charge in [0, 0.05) is 24.6 Å². The normalized spacial score (nSPS) is 20.5. The summed E-state index contributed by atoms with van der Waals surface area (Å²) in [5, 5.41) is 9.50. The molecule has 0 aromatic heterocycles. The van der Waals surface area contributed by atoms with Crippen LogP contribution in [-0.2, 0) is 0 Å². The van der Waals surface area contributed by atoms with Gasteiger partial charge in [-0.05, 0) is 58.1 Å². The molecule has 1 aliphatic rings. The molecule has 1 fully saturated rings. The quantitative estimate of drug-likeness (QED) is 0.722. The molecular weight excluding hydrogens is 321 g/mol. The Hall–Kier alpha value is -0.910. The minimum absolute atomic E-state index is 0.0855. The zero-order valence-electron chi connectivity index (χ0n) is 13.5. The summed E-state index contributed by atoms with van der Waals surface area (Å²) in [7, 11) is 0. The third-order valence-electron chi connectivity index (χ3n) is 3.84. The molecule has 1 aromatic rings. The summed E-state index contributed by atoms with van der Waals surface area (Å²) in [6, 6.07) is 4.80. The fraction of sp³-hybridized carbons (Fsp3) is 0.562. The lowest BCUT2D eigenvalue weighted by Crippen LogP contribution is -3.06. The van der Waals surface area contributed by atoms with Crippen LogP contribution in [0, 0.1) is 5.82 Å². The standard InChI is InChI=1S/C16H23ClFN3S/c1-15(2)8-11(9-16(3,4)21-15)20-14(22)19-10-5-6-13(18)12(17)7-10/h5-7,11,21H,8-9H2,1-4H3,(H2,19,20,22)/p+1. The molecule has 1 saturated heterocycles. The van der Waals surface area contributed by atoms with Crippen molar-refractivity contribution in [3.05, 3.63) is 29.0 Å². The summed E-state index contributed by atoms with van der Waals surface area (Å²) < 4.78 is 13.2. The van der Waals surface area contributed by atoms with E-state index >= 15 is 0 Å². The molecule has 0 radical (unpaired) electrons. The van der Waals surface area contributed by atoms with Crippen molar-refractivity contribution in [1.29, 1.82) is 0 Å². The molecule has 3 nitrogen and oxygen atoms in total. The van der Waals surface area contributed by atoms with Gasteiger partial charge in [0.25, 0.3) is 0 Å². The number of thiocarbonyl (C=S) groups is 1. The first-order valence-electron chi connectivity index (χ1n) is 7.46. The number of quaternary nitrogens is 1. The van der Waals surface area contributed by atoms with Crippen LogP contribution in [0.1, 0.15) is 40.5 Å². The van der Waals surface area contributed by atoms with E-state index in [0.717, 1.165) is 12.8 Å². The molecule has 22 heavy (non-hydrogen) atoms. The molecular formula is C16H24ClFN3S+. The summed E-state index contributed by atoms with van der Waals surface area (Å²) in [5.74, 6) is -0.433. The zero-order chi connectivity index (χ0) is 16.5. The highest BCUT2D eigenvalue weighted by atomic mass is 35.5. The maximum atomic E-state index is 13.2. The van der Waals surface area contributed by atoms with Crippen LogP contribution in [0.3, 0.4) is 0 Å². The largest absolute Gasteiger partial charge is 0.359 e. The lowest BCUT2D eigenvalue weighted by Gasteiger charge is -2.43. The molecule has 0 unspecified atom stereocenters. The van der Waals surface area contributed by atoms with Crippen molar-refractivity contribution >= 4 is 34.6 Å². The van der Waals surface area contributed by atoms with E-state index in [-0.39, 0.29) is 16.1 Å². The van der Waals surface area contributed by atoms with Crippen molar-refractivity contribution in [2.45, 2.75) is 57.7 Å². The first-order valence-corrected chi connectivity index (χ1v) is 8.25. The maximum absolute atomic E-state index is 13.2. The Morgan fingerprint density at radius 1 is 1.27 bits per heavy atom. The number of hydrogen-bond acceptors (Lipinski definition) is 1. The summed E-state index contributed by atoms with van der Waals surface area (Å²) in [4.78, 5) is 0. The first kappa shape index (κ1) is 17.4. The molecule has 122 valence electrons. The van der Waals surface area contributed by atoms with Gasteiger partial charge in [0.05, 0.1) is 16.1 Å². The van der Waals surface area contributed by atoms with E-state index < -0.39 is 5.82 Å². The van der Waals surface area contributed by atoms with E-state index in [1.165, 1.54) is 12.1 Å². The third-order valence-corrected chi connectivity index (χ3v) is 4.35. The van der Waals surface area contributed by atoms with Crippen LogP contribution >= 0.6 is 23.8 Å². The summed E-state index contributed by atoms with van der Waals surface area (Å²) in [5.41, 5.74) is 1.03. The average molecular weight is 345 g/mol. The molecule has 1 aliphatic heterocycles. The van der Waals surface area contributed by atoms with Crippen LogP contribution in [-0.4, -0.2) is 22.2 Å². The number of hydrogen-bond donors (Lipinski definition) is 3. The summed E-state index contributed by atoms with van der Waals surface area (Å²) in [6.45, 7) is 9.00. The second-order valence-corrected chi connectivity index (χ2v) is 8.27. The zero-order valence-corrected chi connectivity index (χ0v) is 15.0. The van der Waals surface area contributed by atoms with Crippen LogP contribution in [0.4, 0.5) is 10.1 Å².